The van der Waals surface area contributed by atoms with E-state index >= 15 is 0 Å². The number of amides is 1. The first-order valence-electron chi connectivity index (χ1n) is 10.9. The molecule has 0 bridgehead atoms. The lowest BCUT2D eigenvalue weighted by Gasteiger charge is -2.24. The lowest BCUT2D eigenvalue weighted by Crippen LogP contribution is -2.29. The molecule has 5 rings (SSSR count). The summed E-state index contributed by atoms with van der Waals surface area (Å²) in [5.41, 5.74) is 2.99. The quantitative estimate of drug-likeness (QED) is 0.473. The molecule has 9 nitrogen and oxygen atoms in total. The number of likely N-dealkylation sites (tertiary alicyclic amines) is 1. The molecular weight excluding hydrogens is 420 g/mol. The highest BCUT2D eigenvalue weighted by molar-refractivity contribution is 5.83. The molecule has 33 heavy (non-hydrogen) atoms. The molecule has 0 radical (unpaired) electrons. The smallest absolute Gasteiger partial charge is 0.407 e. The molecule has 168 valence electrons. The van der Waals surface area contributed by atoms with Gasteiger partial charge in [-0.1, -0.05) is 60.7 Å². The number of imidazole rings is 1. The van der Waals surface area contributed by atoms with Crippen LogP contribution in [-0.4, -0.2) is 48.7 Å². The Hall–Kier alpha value is -4.14. The zero-order valence-corrected chi connectivity index (χ0v) is 18.0. The van der Waals surface area contributed by atoms with Crippen LogP contribution >= 0.6 is 0 Å². The van der Waals surface area contributed by atoms with Gasteiger partial charge >= 0.3 is 11.8 Å². The van der Waals surface area contributed by atoms with Crippen molar-refractivity contribution in [2.75, 3.05) is 18.0 Å². The summed E-state index contributed by atoms with van der Waals surface area (Å²) in [4.78, 5) is 39.6. The maximum Gasteiger partial charge on any atom is 0.407 e. The number of aromatic amines is 1. The van der Waals surface area contributed by atoms with E-state index in [2.05, 4.69) is 44.1 Å². The van der Waals surface area contributed by atoms with Crippen molar-refractivity contribution in [2.45, 2.75) is 25.6 Å². The molecule has 3 heterocycles. The maximum atomic E-state index is 12.9. The highest BCUT2D eigenvalue weighted by atomic mass is 16.4. The molecule has 0 saturated carbocycles. The lowest BCUT2D eigenvalue weighted by molar-refractivity contribution is 0.154. The molecule has 2 aromatic heterocycles. The van der Waals surface area contributed by atoms with Gasteiger partial charge in [0.1, 0.15) is 11.8 Å². The van der Waals surface area contributed by atoms with E-state index in [1.165, 1.54) is 11.2 Å². The van der Waals surface area contributed by atoms with Crippen LogP contribution in [0.25, 0.3) is 11.2 Å². The summed E-state index contributed by atoms with van der Waals surface area (Å²) in [5, 5.41) is 9.31. The van der Waals surface area contributed by atoms with Gasteiger partial charge in [-0.05, 0) is 17.5 Å². The van der Waals surface area contributed by atoms with Crippen LogP contribution in [0.2, 0.25) is 0 Å². The standard InChI is InChI=1S/C24H24N6O3/c31-23-27-20-21(25-16-26-22(20)30(23)19-11-12-28(15-19)24(32)33)29(13-17-7-3-1-4-8-17)14-18-9-5-2-6-10-18/h1-10,16,19H,11-15H2,(H,27,31)(H,32,33)/t19-/m1/s1. The number of H-pyrrole nitrogens is 1. The number of aromatic nitrogens is 4. The van der Waals surface area contributed by atoms with Gasteiger partial charge in [-0.2, -0.15) is 0 Å². The van der Waals surface area contributed by atoms with E-state index in [0.717, 1.165) is 11.1 Å². The van der Waals surface area contributed by atoms with Crippen molar-refractivity contribution in [1.82, 2.24) is 24.4 Å². The summed E-state index contributed by atoms with van der Waals surface area (Å²) in [7, 11) is 0. The third-order valence-corrected chi connectivity index (χ3v) is 6.02. The van der Waals surface area contributed by atoms with Gasteiger partial charge in [0.05, 0.1) is 6.04 Å². The van der Waals surface area contributed by atoms with Crippen molar-refractivity contribution in [1.29, 1.82) is 0 Å². The van der Waals surface area contributed by atoms with Crippen molar-refractivity contribution in [2.24, 2.45) is 0 Å². The molecule has 1 fully saturated rings. The first kappa shape index (κ1) is 20.7. The van der Waals surface area contributed by atoms with E-state index in [1.807, 2.05) is 36.4 Å². The molecule has 1 atom stereocenters. The van der Waals surface area contributed by atoms with Crippen LogP contribution < -0.4 is 10.6 Å². The number of hydrogen-bond donors (Lipinski definition) is 2. The molecule has 1 aliphatic rings. The minimum atomic E-state index is -0.974. The minimum Gasteiger partial charge on any atom is -0.465 e. The summed E-state index contributed by atoms with van der Waals surface area (Å²) in [5.74, 6) is 0.636. The number of benzene rings is 2. The SMILES string of the molecule is O=C(O)N1CC[C@@H](n2c(=O)[nH]c3c(N(Cc4ccccc4)Cc4ccccc4)ncnc32)C1. The van der Waals surface area contributed by atoms with Crippen molar-refractivity contribution < 1.29 is 9.90 Å². The van der Waals surface area contributed by atoms with Crippen LogP contribution in [-0.2, 0) is 13.1 Å². The molecule has 1 amide bonds. The van der Waals surface area contributed by atoms with E-state index in [-0.39, 0.29) is 18.3 Å². The fourth-order valence-electron chi connectivity index (χ4n) is 4.44. The second-order valence-corrected chi connectivity index (χ2v) is 8.19. The Kier molecular flexibility index (Phi) is 5.52. The number of anilines is 1. The van der Waals surface area contributed by atoms with Crippen LogP contribution in [0.1, 0.15) is 23.6 Å². The zero-order valence-electron chi connectivity index (χ0n) is 18.0. The number of fused-ring (bicyclic) bond motifs is 1. The predicted molar refractivity (Wildman–Crippen MR) is 124 cm³/mol. The van der Waals surface area contributed by atoms with Gasteiger partial charge < -0.3 is 19.9 Å². The number of carboxylic acid groups (broad SMARTS) is 1. The van der Waals surface area contributed by atoms with E-state index in [9.17, 15) is 14.7 Å². The van der Waals surface area contributed by atoms with Crippen molar-refractivity contribution in [3.63, 3.8) is 0 Å². The van der Waals surface area contributed by atoms with Gasteiger partial charge in [-0.25, -0.2) is 19.6 Å². The Labute approximate surface area is 189 Å². The van der Waals surface area contributed by atoms with Gasteiger partial charge in [-0.15, -0.1) is 0 Å². The van der Waals surface area contributed by atoms with Crippen LogP contribution in [0, 0.1) is 0 Å². The van der Waals surface area contributed by atoms with Gasteiger partial charge in [0.15, 0.2) is 11.5 Å². The fourth-order valence-corrected chi connectivity index (χ4v) is 4.44. The fraction of sp³-hybridized carbons (Fsp3) is 0.250. The Morgan fingerprint density at radius 3 is 2.24 bits per heavy atom. The predicted octanol–water partition coefficient (Wildman–Crippen LogP) is 3.25. The van der Waals surface area contributed by atoms with E-state index in [4.69, 9.17) is 0 Å². The molecule has 1 saturated heterocycles. The normalized spacial score (nSPS) is 15.8. The van der Waals surface area contributed by atoms with Crippen LogP contribution in [0.5, 0.6) is 0 Å². The number of hydrogen-bond acceptors (Lipinski definition) is 5. The molecular formula is C24H24N6O3. The number of nitrogens with zero attached hydrogens (tertiary/aromatic N) is 5. The van der Waals surface area contributed by atoms with Gasteiger partial charge in [0, 0.05) is 26.2 Å². The number of rotatable bonds is 6. The van der Waals surface area contributed by atoms with E-state index in [0.29, 0.717) is 43.0 Å². The molecule has 1 aliphatic heterocycles. The topological polar surface area (TPSA) is 107 Å². The summed E-state index contributed by atoms with van der Waals surface area (Å²) in [6.07, 6.45) is 1.06. The summed E-state index contributed by atoms with van der Waals surface area (Å²) in [6.45, 7) is 1.86. The van der Waals surface area contributed by atoms with Gasteiger partial charge in [0.25, 0.3) is 0 Å². The van der Waals surface area contributed by atoms with E-state index in [1.54, 1.807) is 4.57 Å². The average Bonchev–Trinajstić information content (AvgIpc) is 3.44. The first-order chi connectivity index (χ1) is 16.1. The molecule has 9 heteroatoms. The highest BCUT2D eigenvalue weighted by Crippen LogP contribution is 2.28. The molecule has 2 aromatic carbocycles. The van der Waals surface area contributed by atoms with Crippen LogP contribution in [0.4, 0.5) is 10.6 Å². The Bertz CT molecular complexity index is 1280. The van der Waals surface area contributed by atoms with Crippen molar-refractivity contribution in [3.05, 3.63) is 88.6 Å². The summed E-state index contributed by atoms with van der Waals surface area (Å²) >= 11 is 0. The molecule has 0 spiro atoms. The van der Waals surface area contributed by atoms with Crippen molar-refractivity contribution in [3.8, 4) is 0 Å². The first-order valence-corrected chi connectivity index (χ1v) is 10.9. The average molecular weight is 444 g/mol. The largest absolute Gasteiger partial charge is 0.465 e. The summed E-state index contributed by atoms with van der Waals surface area (Å²) < 4.78 is 1.58. The zero-order chi connectivity index (χ0) is 22.8. The van der Waals surface area contributed by atoms with Crippen molar-refractivity contribution >= 4 is 23.1 Å². The molecule has 0 aliphatic carbocycles. The third kappa shape index (κ3) is 4.17. The van der Waals surface area contributed by atoms with Crippen LogP contribution in [0.3, 0.4) is 0 Å². The highest BCUT2D eigenvalue weighted by Gasteiger charge is 2.30. The molecule has 0 unspecified atom stereocenters. The van der Waals surface area contributed by atoms with E-state index < -0.39 is 6.09 Å². The third-order valence-electron chi connectivity index (χ3n) is 6.02. The Balaban J connectivity index is 1.56. The van der Waals surface area contributed by atoms with Gasteiger partial charge in [0.2, 0.25) is 0 Å². The van der Waals surface area contributed by atoms with Crippen LogP contribution in [0.15, 0.2) is 71.8 Å². The molecule has 4 aromatic rings. The maximum absolute atomic E-state index is 12.9. The molecule has 2 N–H and O–H groups in total. The monoisotopic (exact) mass is 444 g/mol. The lowest BCUT2D eigenvalue weighted by atomic mass is 10.1. The minimum absolute atomic E-state index is 0.262. The summed E-state index contributed by atoms with van der Waals surface area (Å²) in [6, 6.07) is 19.9. The Morgan fingerprint density at radius 1 is 1.03 bits per heavy atom. The number of carbonyl (C=O) groups is 1. The van der Waals surface area contributed by atoms with Gasteiger partial charge in [-0.3, -0.25) is 4.57 Å². The second-order valence-electron chi connectivity index (χ2n) is 8.19. The number of nitrogens with one attached hydrogen (secondary N) is 1. The Morgan fingerprint density at radius 2 is 1.67 bits per heavy atom. The second kappa shape index (κ2) is 8.78.